The van der Waals surface area contributed by atoms with Gasteiger partial charge in [-0.1, -0.05) is 0 Å². The van der Waals surface area contributed by atoms with E-state index in [0.29, 0.717) is 0 Å². The Morgan fingerprint density at radius 3 is 2.17 bits per heavy atom. The highest BCUT2D eigenvalue weighted by atomic mass is 16.5. The molecule has 0 saturated heterocycles. The van der Waals surface area contributed by atoms with Crippen LogP contribution in [0.1, 0.15) is 12.8 Å². The Balaban J connectivity index is 3.72. The molecular weight excluding hydrogens is 162 g/mol. The fourth-order valence-corrected chi connectivity index (χ4v) is 0.554. The van der Waals surface area contributed by atoms with Crippen molar-refractivity contribution in [1.29, 1.82) is 5.41 Å². The van der Waals surface area contributed by atoms with Crippen LogP contribution in [0.25, 0.3) is 0 Å². The highest BCUT2D eigenvalue weighted by Crippen LogP contribution is 1.95. The number of nitrogens with one attached hydrogen (secondary N) is 1. The second kappa shape index (κ2) is 5.29. The molecule has 0 aliphatic rings. The summed E-state index contributed by atoms with van der Waals surface area (Å²) in [4.78, 5) is 21.2. The lowest BCUT2D eigenvalue weighted by Crippen LogP contribution is -2.16. The highest BCUT2D eigenvalue weighted by molar-refractivity contribution is 6.35. The molecule has 0 amide bonds. The van der Waals surface area contributed by atoms with Gasteiger partial charge in [-0.25, -0.2) is 4.79 Å². The average molecular weight is 173 g/mol. The fraction of sp³-hybridized carbons (Fsp3) is 0.571. The first-order valence-electron chi connectivity index (χ1n) is 3.34. The molecule has 0 radical (unpaired) electrons. The van der Waals surface area contributed by atoms with Gasteiger partial charge in [0.2, 0.25) is 0 Å². The molecule has 1 N–H and O–H groups in total. The predicted octanol–water partition coefficient (Wildman–Crippen LogP) is 0.132. The van der Waals surface area contributed by atoms with Gasteiger partial charge in [-0.15, -0.1) is 0 Å². The third kappa shape index (κ3) is 3.70. The van der Waals surface area contributed by atoms with Gasteiger partial charge < -0.3 is 9.47 Å². The topological polar surface area (TPSA) is 76.5 Å². The Bertz CT molecular complexity index is 200. The summed E-state index contributed by atoms with van der Waals surface area (Å²) in [6.07, 6.45) is 0.0871. The molecule has 0 heterocycles. The molecule has 12 heavy (non-hydrogen) atoms. The van der Waals surface area contributed by atoms with Crippen LogP contribution < -0.4 is 0 Å². The summed E-state index contributed by atoms with van der Waals surface area (Å²) >= 11 is 0. The van der Waals surface area contributed by atoms with Crippen LogP contribution in [0.3, 0.4) is 0 Å². The maximum absolute atomic E-state index is 10.6. The van der Waals surface area contributed by atoms with Gasteiger partial charge in [0.15, 0.2) is 0 Å². The van der Waals surface area contributed by atoms with Gasteiger partial charge in [-0.3, -0.25) is 10.2 Å². The van der Waals surface area contributed by atoms with Gasteiger partial charge in [-0.2, -0.15) is 0 Å². The zero-order valence-corrected chi connectivity index (χ0v) is 7.05. The molecule has 0 fully saturated rings. The molecule has 0 aliphatic heterocycles. The molecular formula is C7H11NO4. The molecule has 0 aliphatic carbocycles. The van der Waals surface area contributed by atoms with E-state index in [4.69, 9.17) is 5.41 Å². The van der Waals surface area contributed by atoms with Crippen molar-refractivity contribution in [3.63, 3.8) is 0 Å². The first kappa shape index (κ1) is 10.6. The van der Waals surface area contributed by atoms with Crippen molar-refractivity contribution in [2.75, 3.05) is 14.2 Å². The van der Waals surface area contributed by atoms with E-state index < -0.39 is 11.9 Å². The van der Waals surface area contributed by atoms with E-state index in [1.54, 1.807) is 0 Å². The third-order valence-corrected chi connectivity index (χ3v) is 1.24. The Hall–Kier alpha value is -1.39. The van der Waals surface area contributed by atoms with Crippen molar-refractivity contribution in [3.8, 4) is 0 Å². The average Bonchev–Trinajstić information content (AvgIpc) is 2.11. The summed E-state index contributed by atoms with van der Waals surface area (Å²) in [5.74, 6) is -1.15. The molecule has 5 heteroatoms. The van der Waals surface area contributed by atoms with Gasteiger partial charge >= 0.3 is 11.9 Å². The van der Waals surface area contributed by atoms with Gasteiger partial charge in [0.25, 0.3) is 0 Å². The first-order chi connectivity index (χ1) is 5.61. The molecule has 0 aromatic carbocycles. The number of hydrogen-bond acceptors (Lipinski definition) is 5. The Morgan fingerprint density at radius 2 is 1.75 bits per heavy atom. The lowest BCUT2D eigenvalue weighted by atomic mass is 10.2. The standard InChI is InChI=1S/C7H11NO4/c1-11-6(9)4-3-5(8)7(10)12-2/h8H,3-4H2,1-2H3. The Labute approximate surface area is 70.2 Å². The summed E-state index contributed by atoms with van der Waals surface area (Å²) < 4.78 is 8.59. The normalized spacial score (nSPS) is 8.83. The lowest BCUT2D eigenvalue weighted by Gasteiger charge is -1.99. The van der Waals surface area contributed by atoms with Crippen LogP contribution in [-0.2, 0) is 19.1 Å². The SMILES string of the molecule is COC(=O)CCC(=N)C(=O)OC. The van der Waals surface area contributed by atoms with Crippen LogP contribution in [0.15, 0.2) is 0 Å². The third-order valence-electron chi connectivity index (χ3n) is 1.24. The van der Waals surface area contributed by atoms with Gasteiger partial charge in [0.05, 0.1) is 20.6 Å². The fourth-order valence-electron chi connectivity index (χ4n) is 0.554. The number of ether oxygens (including phenoxy) is 2. The maximum atomic E-state index is 10.6. The van der Waals surface area contributed by atoms with Crippen molar-refractivity contribution in [1.82, 2.24) is 0 Å². The molecule has 0 rings (SSSR count). The molecule has 68 valence electrons. The monoisotopic (exact) mass is 173 g/mol. The van der Waals surface area contributed by atoms with Gasteiger partial charge in [0, 0.05) is 6.42 Å². The van der Waals surface area contributed by atoms with Crippen LogP contribution in [0.4, 0.5) is 0 Å². The molecule has 0 aromatic rings. The molecule has 0 saturated carbocycles. The van der Waals surface area contributed by atoms with Gasteiger partial charge in [0.1, 0.15) is 5.71 Å². The summed E-state index contributed by atoms with van der Waals surface area (Å²) in [5.41, 5.74) is -0.220. The second-order valence-electron chi connectivity index (χ2n) is 2.05. The number of hydrogen-bond donors (Lipinski definition) is 1. The molecule has 0 atom stereocenters. The van der Waals surface area contributed by atoms with E-state index in [-0.39, 0.29) is 18.6 Å². The summed E-state index contributed by atoms with van der Waals surface area (Å²) in [7, 11) is 2.44. The molecule has 0 bridgehead atoms. The molecule has 5 nitrogen and oxygen atoms in total. The van der Waals surface area contributed by atoms with E-state index in [0.717, 1.165) is 0 Å². The zero-order valence-electron chi connectivity index (χ0n) is 7.05. The Morgan fingerprint density at radius 1 is 1.17 bits per heavy atom. The largest absolute Gasteiger partial charge is 0.469 e. The minimum atomic E-state index is -0.709. The smallest absolute Gasteiger partial charge is 0.351 e. The lowest BCUT2D eigenvalue weighted by molar-refractivity contribution is -0.140. The van der Waals surface area contributed by atoms with Crippen LogP contribution in [0.2, 0.25) is 0 Å². The van der Waals surface area contributed by atoms with E-state index in [9.17, 15) is 9.59 Å². The van der Waals surface area contributed by atoms with Crippen LogP contribution in [-0.4, -0.2) is 31.9 Å². The van der Waals surface area contributed by atoms with Gasteiger partial charge in [-0.05, 0) is 0 Å². The molecule has 0 aromatic heterocycles. The first-order valence-corrected chi connectivity index (χ1v) is 3.34. The van der Waals surface area contributed by atoms with E-state index in [2.05, 4.69) is 9.47 Å². The number of rotatable bonds is 4. The van der Waals surface area contributed by atoms with Crippen LogP contribution in [0, 0.1) is 5.41 Å². The summed E-state index contributed by atoms with van der Waals surface area (Å²) in [6.45, 7) is 0. The number of carbonyl (C=O) groups excluding carboxylic acids is 2. The van der Waals surface area contributed by atoms with Crippen molar-refractivity contribution in [2.45, 2.75) is 12.8 Å². The predicted molar refractivity (Wildman–Crippen MR) is 41.0 cm³/mol. The molecule has 0 spiro atoms. The van der Waals surface area contributed by atoms with E-state index >= 15 is 0 Å². The summed E-state index contributed by atoms with van der Waals surface area (Å²) in [5, 5.41) is 7.08. The quantitative estimate of drug-likeness (QED) is 0.484. The Kier molecular flexibility index (Phi) is 4.67. The summed E-state index contributed by atoms with van der Waals surface area (Å²) in [6, 6.07) is 0. The number of carbonyl (C=O) groups is 2. The van der Waals surface area contributed by atoms with Crippen LogP contribution in [0.5, 0.6) is 0 Å². The second-order valence-corrected chi connectivity index (χ2v) is 2.05. The maximum Gasteiger partial charge on any atom is 0.351 e. The van der Waals surface area contributed by atoms with Crippen LogP contribution >= 0.6 is 0 Å². The number of esters is 2. The van der Waals surface area contributed by atoms with Crippen molar-refractivity contribution in [2.24, 2.45) is 0 Å². The van der Waals surface area contributed by atoms with Crippen molar-refractivity contribution >= 4 is 17.7 Å². The van der Waals surface area contributed by atoms with Crippen molar-refractivity contribution < 1.29 is 19.1 Å². The number of methoxy groups -OCH3 is 2. The highest BCUT2D eigenvalue weighted by Gasteiger charge is 2.11. The van der Waals surface area contributed by atoms with E-state index in [1.807, 2.05) is 0 Å². The minimum absolute atomic E-state index is 0.0322. The zero-order chi connectivity index (χ0) is 9.56. The van der Waals surface area contributed by atoms with Crippen molar-refractivity contribution in [3.05, 3.63) is 0 Å². The minimum Gasteiger partial charge on any atom is -0.469 e. The van der Waals surface area contributed by atoms with E-state index in [1.165, 1.54) is 14.2 Å². The molecule has 0 unspecified atom stereocenters.